The van der Waals surface area contributed by atoms with Gasteiger partial charge >= 0.3 is 36.9 Å². The monoisotopic (exact) mass is 1020 g/mol. The molecule has 0 spiro atoms. The molecule has 9 heteroatoms. The van der Waals surface area contributed by atoms with Crippen LogP contribution in [0.1, 0.15) is 81.4 Å². The van der Waals surface area contributed by atoms with Crippen LogP contribution in [0, 0.1) is 36.9 Å². The number of aromatic nitrogens is 2. The molecule has 0 fully saturated rings. The van der Waals surface area contributed by atoms with Crippen LogP contribution in [-0.2, 0) is 0 Å². The van der Waals surface area contributed by atoms with Crippen LogP contribution >= 0.6 is 0 Å². The zero-order valence-electron chi connectivity index (χ0n) is 35.7. The predicted molar refractivity (Wildman–Crippen MR) is 256 cm³/mol. The van der Waals surface area contributed by atoms with E-state index in [2.05, 4.69) is 34.2 Å². The zero-order chi connectivity index (χ0) is 45.6. The summed E-state index contributed by atoms with van der Waals surface area (Å²) in [5.41, 5.74) is 5.44. The molecular formula is C57H44N2O6Tm+3. The molecule has 0 aliphatic rings. The molecule has 8 nitrogen and oxygen atoms in total. The average molecular weight is 1020 g/mol. The van der Waals surface area contributed by atoms with Gasteiger partial charge in [-0.05, 0) is 12.1 Å². The van der Waals surface area contributed by atoms with Crippen molar-refractivity contribution >= 4 is 56.5 Å². The molecule has 328 valence electrons. The summed E-state index contributed by atoms with van der Waals surface area (Å²) in [5.74, 6) is -0.836. The first kappa shape index (κ1) is 49.6. The van der Waals surface area contributed by atoms with E-state index in [1.807, 2.05) is 48.5 Å². The van der Waals surface area contributed by atoms with Crippen molar-refractivity contribution in [3.05, 3.63) is 264 Å². The number of Topliss-reactive ketones (excluding diaryl/α,β-unsaturated/α-hetero) is 6. The van der Waals surface area contributed by atoms with Crippen LogP contribution < -0.4 is 0 Å². The average Bonchev–Trinajstić information content (AvgIpc) is 3.38. The molecule has 0 saturated carbocycles. The third-order valence-electron chi connectivity index (χ3n) is 9.88. The van der Waals surface area contributed by atoms with Crippen LogP contribution in [0.5, 0.6) is 0 Å². The van der Waals surface area contributed by atoms with Gasteiger partial charge in [0.25, 0.3) is 0 Å². The third-order valence-corrected chi connectivity index (χ3v) is 9.88. The normalized spacial score (nSPS) is 9.94. The molecule has 7 aromatic carbocycles. The molecule has 0 radical (unpaired) electrons. The van der Waals surface area contributed by atoms with Gasteiger partial charge in [-0.3, -0.25) is 38.7 Å². The Labute approximate surface area is 412 Å². The molecule has 0 unspecified atom stereocenters. The van der Waals surface area contributed by atoms with Gasteiger partial charge in [0.1, 0.15) is 0 Å². The summed E-state index contributed by atoms with van der Waals surface area (Å²) in [6, 6.07) is 65.4. The van der Waals surface area contributed by atoms with E-state index < -0.39 is 0 Å². The summed E-state index contributed by atoms with van der Waals surface area (Å²) < 4.78 is 0. The number of hydrogen-bond acceptors (Lipinski definition) is 8. The van der Waals surface area contributed by atoms with Crippen LogP contribution in [0.15, 0.2) is 231 Å². The standard InChI is InChI=1S/3C15H12O2.C12H8N2.Tm/c3*16-14(12-7-3-1-4-8-12)11-15(17)13-9-5-2-6-10-13;1-3-9-5-6-10-4-2-8-14-12(10)11(9)13-7-1;/h3*1-10H,11H2;1-8H;/q;;;;+3. The minimum absolute atomic E-state index is 0. The van der Waals surface area contributed by atoms with Crippen molar-refractivity contribution in [1.82, 2.24) is 9.97 Å². The van der Waals surface area contributed by atoms with E-state index in [0.717, 1.165) is 21.8 Å². The molecule has 0 N–H and O–H groups in total. The van der Waals surface area contributed by atoms with Crippen LogP contribution in [0.25, 0.3) is 21.8 Å². The first-order valence-electron chi connectivity index (χ1n) is 20.8. The van der Waals surface area contributed by atoms with Crippen molar-refractivity contribution in [1.29, 1.82) is 0 Å². The largest absolute Gasteiger partial charge is 3.00 e. The molecule has 9 aromatic rings. The molecule has 0 aliphatic heterocycles. The maximum atomic E-state index is 11.8. The van der Waals surface area contributed by atoms with E-state index in [9.17, 15) is 28.8 Å². The second-order valence-corrected chi connectivity index (χ2v) is 14.5. The second kappa shape index (κ2) is 26.4. The number of fused-ring (bicyclic) bond motifs is 3. The Bertz CT molecular complexity index is 2550. The number of carbonyl (C=O) groups is 6. The van der Waals surface area contributed by atoms with Gasteiger partial charge in [-0.15, -0.1) is 0 Å². The van der Waals surface area contributed by atoms with Crippen LogP contribution in [0.4, 0.5) is 0 Å². The number of hydrogen-bond donors (Lipinski definition) is 0. The van der Waals surface area contributed by atoms with Crippen LogP contribution in [0.3, 0.4) is 0 Å². The molecule has 9 rings (SSSR count). The summed E-state index contributed by atoms with van der Waals surface area (Å²) in [4.78, 5) is 79.5. The number of nitrogens with zero attached hydrogens (tertiary/aromatic N) is 2. The Morgan fingerprint density at radius 3 is 0.652 bits per heavy atom. The first-order chi connectivity index (χ1) is 31.8. The Balaban J connectivity index is 0.000000164. The van der Waals surface area contributed by atoms with Gasteiger partial charge in [0.15, 0.2) is 34.7 Å². The molecule has 0 aliphatic carbocycles. The predicted octanol–water partition coefficient (Wildman–Crippen LogP) is 12.2. The van der Waals surface area contributed by atoms with Gasteiger partial charge in [0.05, 0.1) is 30.3 Å². The van der Waals surface area contributed by atoms with Gasteiger partial charge in [-0.25, -0.2) is 0 Å². The fourth-order valence-corrected chi connectivity index (χ4v) is 6.47. The Hall–Kier alpha value is -7.39. The second-order valence-electron chi connectivity index (χ2n) is 14.5. The van der Waals surface area contributed by atoms with Crippen molar-refractivity contribution in [3.8, 4) is 0 Å². The number of rotatable bonds is 12. The summed E-state index contributed by atoms with van der Waals surface area (Å²) in [6.45, 7) is 0. The van der Waals surface area contributed by atoms with Gasteiger partial charge in [0, 0.05) is 56.5 Å². The molecule has 0 bridgehead atoms. The molecular weight excluding hydrogens is 978 g/mol. The van der Waals surface area contributed by atoms with E-state index in [1.54, 1.807) is 158 Å². The van der Waals surface area contributed by atoms with Gasteiger partial charge in [-0.1, -0.05) is 206 Å². The smallest absolute Gasteiger partial charge is 0.294 e. The van der Waals surface area contributed by atoms with Crippen molar-refractivity contribution in [2.75, 3.05) is 0 Å². The topological polar surface area (TPSA) is 128 Å². The van der Waals surface area contributed by atoms with Crippen molar-refractivity contribution in [3.63, 3.8) is 0 Å². The molecule has 0 saturated heterocycles. The summed E-state index contributed by atoms with van der Waals surface area (Å²) >= 11 is 0. The molecule has 0 atom stereocenters. The molecule has 2 heterocycles. The van der Waals surface area contributed by atoms with E-state index in [-0.39, 0.29) is 90.8 Å². The Kier molecular flexibility index (Phi) is 19.9. The quantitative estimate of drug-likeness (QED) is 0.0672. The van der Waals surface area contributed by atoms with Crippen molar-refractivity contribution in [2.24, 2.45) is 0 Å². The van der Waals surface area contributed by atoms with E-state index in [0.29, 0.717) is 33.4 Å². The number of ketones is 6. The van der Waals surface area contributed by atoms with E-state index >= 15 is 0 Å². The minimum Gasteiger partial charge on any atom is -0.294 e. The van der Waals surface area contributed by atoms with E-state index in [4.69, 9.17) is 0 Å². The Morgan fingerprint density at radius 1 is 0.258 bits per heavy atom. The maximum absolute atomic E-state index is 11.8. The van der Waals surface area contributed by atoms with Gasteiger partial charge in [0.2, 0.25) is 0 Å². The fourth-order valence-electron chi connectivity index (χ4n) is 6.47. The Morgan fingerprint density at radius 2 is 0.455 bits per heavy atom. The van der Waals surface area contributed by atoms with Gasteiger partial charge < -0.3 is 0 Å². The zero-order valence-corrected chi connectivity index (χ0v) is 37.5. The van der Waals surface area contributed by atoms with Crippen molar-refractivity contribution in [2.45, 2.75) is 19.3 Å². The molecule has 0 amide bonds. The van der Waals surface area contributed by atoms with Gasteiger partial charge in [-0.2, -0.15) is 0 Å². The SMILES string of the molecule is O=C(CC(=O)c1ccccc1)c1ccccc1.O=C(CC(=O)c1ccccc1)c1ccccc1.O=C(CC(=O)c1ccccc1)c1ccccc1.[Tm+3].c1cnc2c(c1)ccc1cccnc12. The van der Waals surface area contributed by atoms with Crippen LogP contribution in [-0.4, -0.2) is 44.7 Å². The number of carbonyl (C=O) groups excluding carboxylic acids is 6. The van der Waals surface area contributed by atoms with Crippen molar-refractivity contribution < 1.29 is 65.6 Å². The number of benzene rings is 7. The maximum Gasteiger partial charge on any atom is 3.00 e. The summed E-state index contributed by atoms with van der Waals surface area (Å²) in [6.07, 6.45) is 3.38. The fraction of sp³-hybridized carbons (Fsp3) is 0.0526. The molecule has 2 aromatic heterocycles. The summed E-state index contributed by atoms with van der Waals surface area (Å²) in [5, 5.41) is 2.28. The first-order valence-corrected chi connectivity index (χ1v) is 20.8. The van der Waals surface area contributed by atoms with Crippen LogP contribution in [0.2, 0.25) is 0 Å². The molecule has 66 heavy (non-hydrogen) atoms. The minimum atomic E-state index is -0.139. The summed E-state index contributed by atoms with van der Waals surface area (Å²) in [7, 11) is 0. The number of pyridine rings is 2. The van der Waals surface area contributed by atoms with E-state index in [1.165, 1.54) is 0 Å². The third kappa shape index (κ3) is 15.1.